The third-order valence-electron chi connectivity index (χ3n) is 2.42. The average molecular weight is 295 g/mol. The maximum atomic E-state index is 11.9. The summed E-state index contributed by atoms with van der Waals surface area (Å²) in [6.07, 6.45) is 0. The number of carboxylic acids is 1. The zero-order valence-electron chi connectivity index (χ0n) is 10.5. The summed E-state index contributed by atoms with van der Waals surface area (Å²) in [4.78, 5) is 26.2. The van der Waals surface area contributed by atoms with E-state index in [4.69, 9.17) is 15.6 Å². The van der Waals surface area contributed by atoms with Crippen molar-refractivity contribution in [1.82, 2.24) is 10.3 Å². The van der Waals surface area contributed by atoms with Crippen molar-refractivity contribution in [2.45, 2.75) is 0 Å². The highest BCUT2D eigenvalue weighted by Crippen LogP contribution is 2.24. The van der Waals surface area contributed by atoms with Gasteiger partial charge in [-0.2, -0.15) is 0 Å². The van der Waals surface area contributed by atoms with Crippen LogP contribution < -0.4 is 11.1 Å². The quantitative estimate of drug-likeness (QED) is 0.676. The van der Waals surface area contributed by atoms with Gasteiger partial charge in [-0.3, -0.25) is 4.79 Å². The molecule has 0 aliphatic rings. The topological polar surface area (TPSA) is 115 Å². The summed E-state index contributed by atoms with van der Waals surface area (Å²) >= 11 is 1.32. The molecule has 0 aliphatic carbocycles. The van der Waals surface area contributed by atoms with Crippen LogP contribution in [0.5, 0.6) is 0 Å². The Morgan fingerprint density at radius 3 is 3.00 bits per heavy atom. The monoisotopic (exact) mass is 295 g/mol. The van der Waals surface area contributed by atoms with Gasteiger partial charge in [0.15, 0.2) is 5.13 Å². The molecule has 0 aliphatic heterocycles. The number of carbonyl (C=O) groups excluding carboxylic acids is 1. The van der Waals surface area contributed by atoms with E-state index >= 15 is 0 Å². The first-order chi connectivity index (χ1) is 9.56. The fraction of sp³-hybridized carbons (Fsp3) is 0.250. The van der Waals surface area contributed by atoms with E-state index in [9.17, 15) is 9.59 Å². The van der Waals surface area contributed by atoms with Crippen molar-refractivity contribution < 1.29 is 19.4 Å². The van der Waals surface area contributed by atoms with Crippen molar-refractivity contribution in [3.05, 3.63) is 23.8 Å². The number of nitrogen functional groups attached to an aromatic ring is 1. The molecule has 0 bridgehead atoms. The Hall–Kier alpha value is -2.19. The molecule has 0 atom stereocenters. The first-order valence-corrected chi connectivity index (χ1v) is 6.61. The minimum absolute atomic E-state index is 0.147. The predicted molar refractivity (Wildman–Crippen MR) is 74.8 cm³/mol. The molecule has 0 saturated heterocycles. The van der Waals surface area contributed by atoms with Gasteiger partial charge in [0, 0.05) is 12.1 Å². The van der Waals surface area contributed by atoms with Gasteiger partial charge < -0.3 is 20.9 Å². The van der Waals surface area contributed by atoms with Crippen LogP contribution in [0.2, 0.25) is 0 Å². The molecule has 4 N–H and O–H groups in total. The molecule has 1 aromatic heterocycles. The van der Waals surface area contributed by atoms with Crippen molar-refractivity contribution in [3.63, 3.8) is 0 Å². The molecule has 0 unspecified atom stereocenters. The molecular weight excluding hydrogens is 282 g/mol. The van der Waals surface area contributed by atoms with Crippen molar-refractivity contribution in [2.24, 2.45) is 0 Å². The number of thiazole rings is 1. The van der Waals surface area contributed by atoms with Gasteiger partial charge in [-0.05, 0) is 18.2 Å². The number of nitrogens with two attached hydrogens (primary N) is 1. The number of nitrogens with one attached hydrogen (secondary N) is 1. The number of aliphatic carboxylic acids is 1. The number of rotatable bonds is 6. The molecule has 20 heavy (non-hydrogen) atoms. The molecule has 1 amide bonds. The molecule has 8 heteroatoms. The molecule has 0 fully saturated rings. The standard InChI is InChI=1S/C12H13N3O4S/c13-12-15-8-2-1-7(5-9(8)20-12)11(18)14-3-4-19-6-10(16)17/h1-2,5H,3-4,6H2,(H2,13,15)(H,14,18)(H,16,17). The lowest BCUT2D eigenvalue weighted by Gasteiger charge is -2.05. The van der Waals surface area contributed by atoms with Gasteiger partial charge in [0.2, 0.25) is 0 Å². The van der Waals surface area contributed by atoms with Crippen molar-refractivity contribution in [1.29, 1.82) is 0 Å². The molecule has 0 radical (unpaired) electrons. The van der Waals surface area contributed by atoms with E-state index in [2.05, 4.69) is 10.3 Å². The lowest BCUT2D eigenvalue weighted by molar-refractivity contribution is -0.142. The second-order valence-electron chi connectivity index (χ2n) is 3.94. The van der Waals surface area contributed by atoms with Gasteiger partial charge in [-0.15, -0.1) is 0 Å². The van der Waals surface area contributed by atoms with Crippen LogP contribution in [-0.4, -0.2) is 41.7 Å². The Balaban J connectivity index is 1.89. The first-order valence-electron chi connectivity index (χ1n) is 5.80. The van der Waals surface area contributed by atoms with Gasteiger partial charge in [-0.1, -0.05) is 11.3 Å². The van der Waals surface area contributed by atoms with E-state index < -0.39 is 5.97 Å². The van der Waals surface area contributed by atoms with E-state index in [0.717, 1.165) is 10.2 Å². The summed E-state index contributed by atoms with van der Waals surface area (Å²) in [5.41, 5.74) is 6.85. The van der Waals surface area contributed by atoms with Crippen LogP contribution in [0.3, 0.4) is 0 Å². The van der Waals surface area contributed by atoms with Gasteiger partial charge in [-0.25, -0.2) is 9.78 Å². The maximum Gasteiger partial charge on any atom is 0.329 e. The second-order valence-corrected chi connectivity index (χ2v) is 5.00. The van der Waals surface area contributed by atoms with E-state index in [1.165, 1.54) is 11.3 Å². The molecule has 7 nitrogen and oxygen atoms in total. The maximum absolute atomic E-state index is 11.9. The number of benzene rings is 1. The third-order valence-corrected chi connectivity index (χ3v) is 3.27. The number of aromatic nitrogens is 1. The van der Waals surface area contributed by atoms with Crippen LogP contribution in [-0.2, 0) is 9.53 Å². The van der Waals surface area contributed by atoms with E-state index in [1.54, 1.807) is 18.2 Å². The lowest BCUT2D eigenvalue weighted by Crippen LogP contribution is -2.27. The van der Waals surface area contributed by atoms with Crippen molar-refractivity contribution in [3.8, 4) is 0 Å². The van der Waals surface area contributed by atoms with Gasteiger partial charge in [0.05, 0.1) is 16.8 Å². The SMILES string of the molecule is Nc1nc2ccc(C(=O)NCCOCC(=O)O)cc2s1. The van der Waals surface area contributed by atoms with Crippen molar-refractivity contribution in [2.75, 3.05) is 25.5 Å². The number of fused-ring (bicyclic) bond motifs is 1. The average Bonchev–Trinajstić information content (AvgIpc) is 2.76. The minimum Gasteiger partial charge on any atom is -0.480 e. The molecule has 106 valence electrons. The highest BCUT2D eigenvalue weighted by atomic mass is 32.1. The summed E-state index contributed by atoms with van der Waals surface area (Å²) in [7, 11) is 0. The number of carboxylic acid groups (broad SMARTS) is 1. The van der Waals surface area contributed by atoms with Gasteiger partial charge in [0.25, 0.3) is 5.91 Å². The number of carbonyl (C=O) groups is 2. The van der Waals surface area contributed by atoms with Crippen molar-refractivity contribution >= 4 is 38.6 Å². The number of hydrogen-bond acceptors (Lipinski definition) is 6. The summed E-state index contributed by atoms with van der Waals surface area (Å²) in [5.74, 6) is -1.29. The smallest absolute Gasteiger partial charge is 0.329 e. The lowest BCUT2D eigenvalue weighted by atomic mass is 10.2. The number of ether oxygens (including phenoxy) is 1. The Kier molecular flexibility index (Phi) is 4.49. The van der Waals surface area contributed by atoms with E-state index in [0.29, 0.717) is 10.7 Å². The van der Waals surface area contributed by atoms with Crippen LogP contribution in [0.25, 0.3) is 10.2 Å². The molecule has 0 saturated carbocycles. The zero-order valence-corrected chi connectivity index (χ0v) is 11.3. The molecule has 2 aromatic rings. The summed E-state index contributed by atoms with van der Waals surface area (Å²) in [5, 5.41) is 11.5. The van der Waals surface area contributed by atoms with Crippen LogP contribution in [0.4, 0.5) is 5.13 Å². The highest BCUT2D eigenvalue weighted by Gasteiger charge is 2.08. The molecule has 0 spiro atoms. The first kappa shape index (κ1) is 14.2. The second kappa shape index (κ2) is 6.31. The fourth-order valence-corrected chi connectivity index (χ4v) is 2.36. The Bertz CT molecular complexity index is 641. The molecular formula is C12H13N3O4S. The Morgan fingerprint density at radius 2 is 2.25 bits per heavy atom. The number of amides is 1. The van der Waals surface area contributed by atoms with E-state index in [1.807, 2.05) is 0 Å². The predicted octanol–water partition coefficient (Wildman–Crippen LogP) is 0.710. The number of hydrogen-bond donors (Lipinski definition) is 3. The summed E-state index contributed by atoms with van der Waals surface area (Å²) in [6, 6.07) is 5.11. The normalized spacial score (nSPS) is 10.6. The van der Waals surface area contributed by atoms with Crippen LogP contribution in [0.15, 0.2) is 18.2 Å². The number of nitrogens with zero attached hydrogens (tertiary/aromatic N) is 1. The molecule has 1 heterocycles. The molecule has 2 rings (SSSR count). The van der Waals surface area contributed by atoms with Gasteiger partial charge in [0.1, 0.15) is 6.61 Å². The molecule has 1 aromatic carbocycles. The third kappa shape index (κ3) is 3.65. The summed E-state index contributed by atoms with van der Waals surface area (Å²) < 4.78 is 5.66. The largest absolute Gasteiger partial charge is 0.480 e. The van der Waals surface area contributed by atoms with Crippen LogP contribution in [0, 0.1) is 0 Å². The van der Waals surface area contributed by atoms with Crippen LogP contribution in [0.1, 0.15) is 10.4 Å². The zero-order chi connectivity index (χ0) is 14.5. The Morgan fingerprint density at radius 1 is 1.45 bits per heavy atom. The summed E-state index contributed by atoms with van der Waals surface area (Å²) in [6.45, 7) is 0.0186. The fourth-order valence-electron chi connectivity index (χ4n) is 1.58. The Labute approximate surface area is 118 Å². The van der Waals surface area contributed by atoms with E-state index in [-0.39, 0.29) is 25.7 Å². The minimum atomic E-state index is -1.04. The highest BCUT2D eigenvalue weighted by molar-refractivity contribution is 7.22. The van der Waals surface area contributed by atoms with Gasteiger partial charge >= 0.3 is 5.97 Å². The van der Waals surface area contributed by atoms with Crippen LogP contribution >= 0.6 is 11.3 Å². The number of anilines is 1.